The van der Waals surface area contributed by atoms with Gasteiger partial charge in [0, 0.05) is 31.0 Å². The van der Waals surface area contributed by atoms with Gasteiger partial charge in [-0.15, -0.1) is 0 Å². The summed E-state index contributed by atoms with van der Waals surface area (Å²) in [5, 5.41) is 3.85. The Balaban J connectivity index is 1.88. The number of hydrogen-bond acceptors (Lipinski definition) is 6. The number of hydrogen-bond donors (Lipinski definition) is 1. The number of rotatable bonds is 5. The second-order valence-electron chi connectivity index (χ2n) is 4.57. The van der Waals surface area contributed by atoms with Crippen LogP contribution in [0.4, 0.5) is 5.13 Å². The molecule has 1 aliphatic rings. The van der Waals surface area contributed by atoms with E-state index in [0.29, 0.717) is 26.3 Å². The molecule has 0 bridgehead atoms. The van der Waals surface area contributed by atoms with Gasteiger partial charge in [-0.05, 0) is 13.3 Å². The van der Waals surface area contributed by atoms with Crippen molar-refractivity contribution in [2.24, 2.45) is 0 Å². The first kappa shape index (κ1) is 14.2. The fourth-order valence-electron chi connectivity index (χ4n) is 1.94. The molecule has 0 spiro atoms. The van der Waals surface area contributed by atoms with Gasteiger partial charge in [0.05, 0.1) is 13.2 Å². The SMILES string of the molecule is CCCc1nsc(NC(C)C(=O)N2CCOCC2)n1. The van der Waals surface area contributed by atoms with E-state index in [4.69, 9.17) is 4.74 Å². The number of aromatic nitrogens is 2. The second kappa shape index (κ2) is 6.81. The third-order valence-electron chi connectivity index (χ3n) is 2.97. The Kier molecular flexibility index (Phi) is 5.09. The highest BCUT2D eigenvalue weighted by molar-refractivity contribution is 7.09. The van der Waals surface area contributed by atoms with Crippen LogP contribution in [0.5, 0.6) is 0 Å². The van der Waals surface area contributed by atoms with Gasteiger partial charge in [0.25, 0.3) is 0 Å². The predicted molar refractivity (Wildman–Crippen MR) is 74.4 cm³/mol. The maximum atomic E-state index is 12.2. The van der Waals surface area contributed by atoms with Gasteiger partial charge in [-0.1, -0.05) is 6.92 Å². The van der Waals surface area contributed by atoms with Crippen molar-refractivity contribution >= 4 is 22.6 Å². The minimum absolute atomic E-state index is 0.0931. The van der Waals surface area contributed by atoms with Gasteiger partial charge in [-0.3, -0.25) is 4.79 Å². The summed E-state index contributed by atoms with van der Waals surface area (Å²) < 4.78 is 9.50. The number of amides is 1. The molecule has 7 heteroatoms. The van der Waals surface area contributed by atoms with Crippen LogP contribution in [0.2, 0.25) is 0 Å². The quantitative estimate of drug-likeness (QED) is 0.878. The number of nitrogens with zero attached hydrogens (tertiary/aromatic N) is 3. The highest BCUT2D eigenvalue weighted by Crippen LogP contribution is 2.14. The minimum Gasteiger partial charge on any atom is -0.378 e. The lowest BCUT2D eigenvalue weighted by Gasteiger charge is -2.29. The number of carbonyl (C=O) groups is 1. The molecule has 2 rings (SSSR count). The summed E-state index contributed by atoms with van der Waals surface area (Å²) in [6.07, 6.45) is 1.91. The van der Waals surface area contributed by atoms with E-state index < -0.39 is 0 Å². The molecule has 1 atom stereocenters. The van der Waals surface area contributed by atoms with E-state index in [1.54, 1.807) is 0 Å². The van der Waals surface area contributed by atoms with Gasteiger partial charge in [0.2, 0.25) is 11.0 Å². The summed E-state index contributed by atoms with van der Waals surface area (Å²) in [5.74, 6) is 0.941. The van der Waals surface area contributed by atoms with E-state index in [2.05, 4.69) is 21.6 Å². The normalized spacial score (nSPS) is 17.3. The average molecular weight is 284 g/mol. The fourth-order valence-corrected chi connectivity index (χ4v) is 2.64. The third kappa shape index (κ3) is 3.87. The highest BCUT2D eigenvalue weighted by atomic mass is 32.1. The first-order valence-corrected chi connectivity index (χ1v) is 7.43. The first-order chi connectivity index (χ1) is 9.20. The standard InChI is InChI=1S/C12H20N4O2S/c1-3-4-10-14-12(19-15-10)13-9(2)11(17)16-5-7-18-8-6-16/h9H,3-8H2,1-2H3,(H,13,14,15). The van der Waals surface area contributed by atoms with Crippen LogP contribution >= 0.6 is 11.5 Å². The maximum Gasteiger partial charge on any atom is 0.244 e. The number of anilines is 1. The van der Waals surface area contributed by atoms with Crippen LogP contribution in [0.1, 0.15) is 26.1 Å². The second-order valence-corrected chi connectivity index (χ2v) is 5.32. The lowest BCUT2D eigenvalue weighted by Crippen LogP contribution is -2.46. The van der Waals surface area contributed by atoms with Crippen LogP contribution in [0.15, 0.2) is 0 Å². The molecule has 1 fully saturated rings. The van der Waals surface area contributed by atoms with Gasteiger partial charge >= 0.3 is 0 Å². The molecule has 1 aromatic rings. The molecular formula is C12H20N4O2S. The highest BCUT2D eigenvalue weighted by Gasteiger charge is 2.23. The molecular weight excluding hydrogens is 264 g/mol. The minimum atomic E-state index is -0.277. The smallest absolute Gasteiger partial charge is 0.244 e. The molecule has 1 amide bonds. The van der Waals surface area contributed by atoms with Gasteiger partial charge in [0.15, 0.2) is 0 Å². The molecule has 0 aromatic carbocycles. The van der Waals surface area contributed by atoms with E-state index in [1.807, 2.05) is 11.8 Å². The molecule has 2 heterocycles. The molecule has 1 aromatic heterocycles. The Hall–Kier alpha value is -1.21. The Morgan fingerprint density at radius 2 is 2.26 bits per heavy atom. The monoisotopic (exact) mass is 284 g/mol. The summed E-state index contributed by atoms with van der Waals surface area (Å²) in [6, 6.07) is -0.277. The van der Waals surface area contributed by atoms with Gasteiger partial charge in [-0.25, -0.2) is 4.98 Å². The van der Waals surface area contributed by atoms with Crippen LogP contribution in [0.3, 0.4) is 0 Å². The van der Waals surface area contributed by atoms with Gasteiger partial charge in [0.1, 0.15) is 11.9 Å². The van der Waals surface area contributed by atoms with Crippen LogP contribution in [-0.4, -0.2) is 52.5 Å². The third-order valence-corrected chi connectivity index (χ3v) is 3.66. The Morgan fingerprint density at radius 3 is 2.95 bits per heavy atom. The van der Waals surface area contributed by atoms with Crippen LogP contribution in [0, 0.1) is 0 Å². The topological polar surface area (TPSA) is 67.4 Å². The molecule has 0 aliphatic carbocycles. The summed E-state index contributed by atoms with van der Waals surface area (Å²) in [4.78, 5) is 18.4. The van der Waals surface area contributed by atoms with Crippen molar-refractivity contribution in [2.45, 2.75) is 32.7 Å². The number of aryl methyl sites for hydroxylation is 1. The molecule has 1 aliphatic heterocycles. The van der Waals surface area contributed by atoms with Crippen molar-refractivity contribution < 1.29 is 9.53 Å². The summed E-state index contributed by atoms with van der Waals surface area (Å²) in [7, 11) is 0. The Labute approximate surface area is 117 Å². The molecule has 0 saturated carbocycles. The van der Waals surface area contributed by atoms with Crippen molar-refractivity contribution in [1.29, 1.82) is 0 Å². The van der Waals surface area contributed by atoms with Crippen molar-refractivity contribution in [3.8, 4) is 0 Å². The van der Waals surface area contributed by atoms with E-state index in [0.717, 1.165) is 23.8 Å². The Morgan fingerprint density at radius 1 is 1.53 bits per heavy atom. The number of nitrogens with one attached hydrogen (secondary N) is 1. The lowest BCUT2D eigenvalue weighted by molar-refractivity contribution is -0.135. The lowest BCUT2D eigenvalue weighted by atomic mass is 10.2. The first-order valence-electron chi connectivity index (χ1n) is 6.66. The van der Waals surface area contributed by atoms with Gasteiger partial charge < -0.3 is 15.0 Å². The van der Waals surface area contributed by atoms with Crippen LogP contribution < -0.4 is 5.32 Å². The van der Waals surface area contributed by atoms with E-state index in [1.165, 1.54) is 11.5 Å². The fraction of sp³-hybridized carbons (Fsp3) is 0.750. The van der Waals surface area contributed by atoms with Gasteiger partial charge in [-0.2, -0.15) is 4.37 Å². The van der Waals surface area contributed by atoms with E-state index >= 15 is 0 Å². The zero-order chi connectivity index (χ0) is 13.7. The number of morpholine rings is 1. The number of carbonyl (C=O) groups excluding carboxylic acids is 1. The van der Waals surface area contributed by atoms with Crippen LogP contribution in [-0.2, 0) is 16.0 Å². The zero-order valence-electron chi connectivity index (χ0n) is 11.4. The van der Waals surface area contributed by atoms with Crippen LogP contribution in [0.25, 0.3) is 0 Å². The average Bonchev–Trinajstić information content (AvgIpc) is 2.86. The molecule has 1 saturated heterocycles. The molecule has 6 nitrogen and oxygen atoms in total. The summed E-state index contributed by atoms with van der Waals surface area (Å²) >= 11 is 1.31. The van der Waals surface area contributed by atoms with Crippen molar-refractivity contribution in [2.75, 3.05) is 31.6 Å². The van der Waals surface area contributed by atoms with Crippen molar-refractivity contribution in [3.63, 3.8) is 0 Å². The molecule has 19 heavy (non-hydrogen) atoms. The zero-order valence-corrected chi connectivity index (χ0v) is 12.2. The molecule has 0 radical (unpaired) electrons. The van der Waals surface area contributed by atoms with Crippen molar-refractivity contribution in [1.82, 2.24) is 14.3 Å². The van der Waals surface area contributed by atoms with Crippen molar-refractivity contribution in [3.05, 3.63) is 5.82 Å². The Bertz CT molecular complexity index is 418. The van der Waals surface area contributed by atoms with E-state index in [9.17, 15) is 4.79 Å². The van der Waals surface area contributed by atoms with E-state index in [-0.39, 0.29) is 11.9 Å². The summed E-state index contributed by atoms with van der Waals surface area (Å²) in [5.41, 5.74) is 0. The predicted octanol–water partition coefficient (Wildman–Crippen LogP) is 1.15. The summed E-state index contributed by atoms with van der Waals surface area (Å²) in [6.45, 7) is 6.54. The molecule has 1 unspecified atom stereocenters. The molecule has 1 N–H and O–H groups in total. The molecule has 106 valence electrons. The maximum absolute atomic E-state index is 12.2. The number of ether oxygens (including phenoxy) is 1. The largest absolute Gasteiger partial charge is 0.378 e.